The van der Waals surface area contributed by atoms with Gasteiger partial charge in [-0.05, 0) is 6.92 Å². The lowest BCUT2D eigenvalue weighted by atomic mass is 10.5. The number of thioether (sulfide) groups is 1. The van der Waals surface area contributed by atoms with Crippen LogP contribution in [0.25, 0.3) is 0 Å². The Bertz CT molecular complexity index is 149. The van der Waals surface area contributed by atoms with Crippen molar-refractivity contribution >= 4 is 16.9 Å². The van der Waals surface area contributed by atoms with E-state index in [1.54, 1.807) is 18.9 Å². The van der Waals surface area contributed by atoms with E-state index in [4.69, 9.17) is 4.74 Å². The highest BCUT2D eigenvalue weighted by Gasteiger charge is 2.07. The molecule has 3 nitrogen and oxygen atoms in total. The molecular formula is C7H14N2OS. The summed E-state index contributed by atoms with van der Waals surface area (Å²) in [6, 6.07) is 0. The van der Waals surface area contributed by atoms with Gasteiger partial charge in [0.2, 0.25) is 0 Å². The van der Waals surface area contributed by atoms with Crippen molar-refractivity contribution in [1.29, 1.82) is 0 Å². The molecule has 0 saturated carbocycles. The van der Waals surface area contributed by atoms with Crippen molar-refractivity contribution in [2.75, 3.05) is 26.0 Å². The number of nitrogens with zero attached hydrogens (tertiary/aromatic N) is 1. The molecule has 1 unspecified atom stereocenters. The zero-order valence-electron chi connectivity index (χ0n) is 6.96. The SMILES string of the molecule is COC(C)CSC1=NCCN1. The van der Waals surface area contributed by atoms with Crippen LogP contribution in [0, 0.1) is 0 Å². The molecule has 0 radical (unpaired) electrons. The van der Waals surface area contributed by atoms with Crippen LogP contribution in [0.4, 0.5) is 0 Å². The second-order valence-corrected chi connectivity index (χ2v) is 3.48. The Morgan fingerprint density at radius 3 is 3.18 bits per heavy atom. The van der Waals surface area contributed by atoms with Crippen molar-refractivity contribution in [3.63, 3.8) is 0 Å². The van der Waals surface area contributed by atoms with E-state index in [0.717, 1.165) is 24.0 Å². The van der Waals surface area contributed by atoms with Crippen LogP contribution in [0.1, 0.15) is 6.92 Å². The molecular weight excluding hydrogens is 160 g/mol. The smallest absolute Gasteiger partial charge is 0.156 e. The zero-order chi connectivity index (χ0) is 8.10. The molecule has 64 valence electrons. The molecule has 1 heterocycles. The van der Waals surface area contributed by atoms with Crippen LogP contribution in [0.5, 0.6) is 0 Å². The molecule has 0 amide bonds. The number of hydrogen-bond acceptors (Lipinski definition) is 4. The third-order valence-electron chi connectivity index (χ3n) is 1.50. The van der Waals surface area contributed by atoms with E-state index in [2.05, 4.69) is 17.2 Å². The van der Waals surface area contributed by atoms with Gasteiger partial charge in [0.15, 0.2) is 5.17 Å². The fourth-order valence-electron chi connectivity index (χ4n) is 0.737. The van der Waals surface area contributed by atoms with E-state index in [9.17, 15) is 0 Å². The van der Waals surface area contributed by atoms with Crippen molar-refractivity contribution in [3.8, 4) is 0 Å². The van der Waals surface area contributed by atoms with Crippen molar-refractivity contribution in [3.05, 3.63) is 0 Å². The predicted molar refractivity (Wildman–Crippen MR) is 49.2 cm³/mol. The number of nitrogens with one attached hydrogen (secondary N) is 1. The van der Waals surface area contributed by atoms with E-state index in [1.807, 2.05) is 0 Å². The van der Waals surface area contributed by atoms with Gasteiger partial charge in [0, 0.05) is 19.4 Å². The largest absolute Gasteiger partial charge is 0.381 e. The Morgan fingerprint density at radius 2 is 2.64 bits per heavy atom. The summed E-state index contributed by atoms with van der Waals surface area (Å²) in [6.45, 7) is 3.97. The first-order valence-corrected chi connectivity index (χ1v) is 4.75. The van der Waals surface area contributed by atoms with Crippen molar-refractivity contribution < 1.29 is 4.74 Å². The summed E-state index contributed by atoms with van der Waals surface area (Å²) >= 11 is 1.73. The maximum atomic E-state index is 5.11. The lowest BCUT2D eigenvalue weighted by Gasteiger charge is -2.07. The molecule has 1 atom stereocenters. The molecule has 1 aliphatic heterocycles. The Morgan fingerprint density at radius 1 is 1.82 bits per heavy atom. The molecule has 0 aliphatic carbocycles. The molecule has 0 saturated heterocycles. The average molecular weight is 174 g/mol. The average Bonchev–Trinajstić information content (AvgIpc) is 2.52. The van der Waals surface area contributed by atoms with Crippen LogP contribution in [0.15, 0.2) is 4.99 Å². The predicted octanol–water partition coefficient (Wildman–Crippen LogP) is 0.714. The molecule has 11 heavy (non-hydrogen) atoms. The van der Waals surface area contributed by atoms with Gasteiger partial charge >= 0.3 is 0 Å². The Balaban J connectivity index is 2.11. The van der Waals surface area contributed by atoms with Crippen LogP contribution in [-0.4, -0.2) is 37.2 Å². The molecule has 0 spiro atoms. The Kier molecular flexibility index (Phi) is 3.72. The molecule has 1 aliphatic rings. The van der Waals surface area contributed by atoms with Crippen LogP contribution in [0.3, 0.4) is 0 Å². The number of amidine groups is 1. The van der Waals surface area contributed by atoms with Crippen LogP contribution in [-0.2, 0) is 4.74 Å². The molecule has 0 aromatic rings. The maximum absolute atomic E-state index is 5.11. The molecule has 0 bridgehead atoms. The number of rotatable bonds is 3. The summed E-state index contributed by atoms with van der Waals surface area (Å²) in [5.74, 6) is 0.975. The highest BCUT2D eigenvalue weighted by atomic mass is 32.2. The molecule has 0 aromatic heterocycles. The molecule has 0 aromatic carbocycles. The van der Waals surface area contributed by atoms with Crippen molar-refractivity contribution in [2.45, 2.75) is 13.0 Å². The van der Waals surface area contributed by atoms with Gasteiger partial charge < -0.3 is 10.1 Å². The number of methoxy groups -OCH3 is 1. The van der Waals surface area contributed by atoms with Gasteiger partial charge in [-0.15, -0.1) is 0 Å². The summed E-state index contributed by atoms with van der Waals surface area (Å²) in [5.41, 5.74) is 0. The first-order chi connectivity index (χ1) is 5.33. The van der Waals surface area contributed by atoms with E-state index in [1.165, 1.54) is 0 Å². The summed E-state index contributed by atoms with van der Waals surface area (Å²) in [4.78, 5) is 4.25. The Hall–Kier alpha value is -0.220. The van der Waals surface area contributed by atoms with Gasteiger partial charge in [-0.2, -0.15) is 0 Å². The molecule has 1 rings (SSSR count). The summed E-state index contributed by atoms with van der Waals surface area (Å²) in [6.07, 6.45) is 0.310. The monoisotopic (exact) mass is 174 g/mol. The van der Waals surface area contributed by atoms with Crippen LogP contribution >= 0.6 is 11.8 Å². The zero-order valence-corrected chi connectivity index (χ0v) is 7.78. The molecule has 0 fully saturated rings. The minimum atomic E-state index is 0.310. The third kappa shape index (κ3) is 3.12. The lowest BCUT2D eigenvalue weighted by Crippen LogP contribution is -2.18. The number of hydrogen-bond donors (Lipinski definition) is 1. The fraction of sp³-hybridized carbons (Fsp3) is 0.857. The van der Waals surface area contributed by atoms with E-state index in [-0.39, 0.29) is 0 Å². The molecule has 1 N–H and O–H groups in total. The second-order valence-electron chi connectivity index (χ2n) is 2.47. The Labute approximate surface area is 71.6 Å². The van der Waals surface area contributed by atoms with Gasteiger partial charge in [0.25, 0.3) is 0 Å². The number of aliphatic imine (C=N–C) groups is 1. The second kappa shape index (κ2) is 4.62. The summed E-state index contributed by atoms with van der Waals surface area (Å²) in [7, 11) is 1.73. The van der Waals surface area contributed by atoms with Crippen LogP contribution in [0.2, 0.25) is 0 Å². The van der Waals surface area contributed by atoms with Crippen molar-refractivity contribution in [1.82, 2.24) is 5.32 Å². The minimum absolute atomic E-state index is 0.310. The first-order valence-electron chi connectivity index (χ1n) is 3.77. The standard InChI is InChI=1S/C7H14N2OS/c1-6(10-2)5-11-7-8-3-4-9-7/h6H,3-5H2,1-2H3,(H,8,9). The van der Waals surface area contributed by atoms with E-state index >= 15 is 0 Å². The quantitative estimate of drug-likeness (QED) is 0.684. The normalized spacial score (nSPS) is 19.3. The lowest BCUT2D eigenvalue weighted by molar-refractivity contribution is 0.138. The van der Waals surface area contributed by atoms with Gasteiger partial charge in [-0.1, -0.05) is 11.8 Å². The van der Waals surface area contributed by atoms with Gasteiger partial charge in [0.05, 0.1) is 12.6 Å². The van der Waals surface area contributed by atoms with Gasteiger partial charge in [-0.3, -0.25) is 4.99 Å². The number of ether oxygens (including phenoxy) is 1. The van der Waals surface area contributed by atoms with Gasteiger partial charge in [-0.25, -0.2) is 0 Å². The fourth-order valence-corrected chi connectivity index (χ4v) is 1.65. The highest BCUT2D eigenvalue weighted by Crippen LogP contribution is 2.08. The topological polar surface area (TPSA) is 33.6 Å². The third-order valence-corrected chi connectivity index (χ3v) is 2.68. The van der Waals surface area contributed by atoms with E-state index < -0.39 is 0 Å². The van der Waals surface area contributed by atoms with Crippen molar-refractivity contribution in [2.24, 2.45) is 4.99 Å². The first kappa shape index (κ1) is 8.87. The minimum Gasteiger partial charge on any atom is -0.381 e. The summed E-state index contributed by atoms with van der Waals surface area (Å²) in [5, 5.41) is 4.26. The maximum Gasteiger partial charge on any atom is 0.156 e. The highest BCUT2D eigenvalue weighted by molar-refractivity contribution is 8.13. The molecule has 4 heteroatoms. The van der Waals surface area contributed by atoms with E-state index in [0.29, 0.717) is 6.10 Å². The van der Waals surface area contributed by atoms with Crippen LogP contribution < -0.4 is 5.32 Å². The van der Waals surface area contributed by atoms with Gasteiger partial charge in [0.1, 0.15) is 0 Å². The summed E-state index contributed by atoms with van der Waals surface area (Å²) < 4.78 is 5.11.